The largest absolute Gasteiger partial charge is 0.465 e. The molecule has 0 bridgehead atoms. The second kappa shape index (κ2) is 4.44. The van der Waals surface area contributed by atoms with Gasteiger partial charge in [-0.15, -0.1) is 0 Å². The van der Waals surface area contributed by atoms with Crippen molar-refractivity contribution in [3.63, 3.8) is 0 Å². The molecule has 1 fully saturated rings. The fraction of sp³-hybridized carbons (Fsp3) is 0.600. The Morgan fingerprint density at radius 1 is 1.60 bits per heavy atom. The van der Waals surface area contributed by atoms with E-state index in [1.807, 2.05) is 4.68 Å². The van der Waals surface area contributed by atoms with Crippen LogP contribution in [-0.4, -0.2) is 36.1 Å². The molecule has 1 aliphatic heterocycles. The lowest BCUT2D eigenvalue weighted by Gasteiger charge is -2.22. The molecule has 1 aromatic rings. The van der Waals surface area contributed by atoms with Crippen molar-refractivity contribution in [2.45, 2.75) is 18.9 Å². The average Bonchev–Trinajstić information content (AvgIpc) is 2.78. The smallest absolute Gasteiger partial charge is 0.341 e. The van der Waals surface area contributed by atoms with Crippen LogP contribution in [0.15, 0.2) is 12.4 Å². The molecule has 5 heteroatoms. The number of hydrogen-bond acceptors (Lipinski definition) is 4. The molecule has 0 N–H and O–H groups in total. The highest BCUT2D eigenvalue weighted by Gasteiger charge is 2.18. The van der Waals surface area contributed by atoms with E-state index in [0.717, 1.165) is 26.1 Å². The second-order valence-electron chi connectivity index (χ2n) is 3.54. The summed E-state index contributed by atoms with van der Waals surface area (Å²) < 4.78 is 11.7. The van der Waals surface area contributed by atoms with Crippen molar-refractivity contribution in [3.8, 4) is 0 Å². The normalized spacial score (nSPS) is 17.7. The molecule has 1 aromatic heterocycles. The van der Waals surface area contributed by atoms with Gasteiger partial charge in [-0.1, -0.05) is 0 Å². The van der Waals surface area contributed by atoms with Crippen molar-refractivity contribution in [3.05, 3.63) is 18.0 Å². The van der Waals surface area contributed by atoms with Gasteiger partial charge in [0.05, 0.1) is 24.9 Å². The van der Waals surface area contributed by atoms with Crippen LogP contribution < -0.4 is 0 Å². The molecule has 0 atom stereocenters. The summed E-state index contributed by atoms with van der Waals surface area (Å²) in [6.07, 6.45) is 5.17. The van der Waals surface area contributed by atoms with E-state index in [-0.39, 0.29) is 5.97 Å². The Hall–Kier alpha value is -1.36. The number of carbonyl (C=O) groups excluding carboxylic acids is 1. The summed E-state index contributed by atoms with van der Waals surface area (Å²) in [5.74, 6) is -0.340. The first-order chi connectivity index (χ1) is 7.31. The van der Waals surface area contributed by atoms with Crippen molar-refractivity contribution in [2.24, 2.45) is 0 Å². The van der Waals surface area contributed by atoms with Crippen LogP contribution in [-0.2, 0) is 9.47 Å². The van der Waals surface area contributed by atoms with E-state index in [0.29, 0.717) is 11.6 Å². The highest BCUT2D eigenvalue weighted by Crippen LogP contribution is 2.20. The number of carbonyl (C=O) groups is 1. The quantitative estimate of drug-likeness (QED) is 0.684. The fourth-order valence-corrected chi connectivity index (χ4v) is 1.71. The molecular weight excluding hydrogens is 196 g/mol. The Kier molecular flexibility index (Phi) is 3.01. The van der Waals surface area contributed by atoms with E-state index in [4.69, 9.17) is 4.74 Å². The lowest BCUT2D eigenvalue weighted by molar-refractivity contribution is 0.0598. The molecule has 0 radical (unpaired) electrons. The van der Waals surface area contributed by atoms with E-state index < -0.39 is 0 Å². The molecule has 0 unspecified atom stereocenters. The maximum absolute atomic E-state index is 11.2. The molecule has 1 aliphatic rings. The van der Waals surface area contributed by atoms with Crippen LogP contribution in [0.1, 0.15) is 29.2 Å². The number of hydrogen-bond donors (Lipinski definition) is 0. The summed E-state index contributed by atoms with van der Waals surface area (Å²) in [6, 6.07) is 0.345. The topological polar surface area (TPSA) is 53.3 Å². The zero-order valence-electron chi connectivity index (χ0n) is 8.68. The Morgan fingerprint density at radius 2 is 2.33 bits per heavy atom. The van der Waals surface area contributed by atoms with Gasteiger partial charge in [-0.2, -0.15) is 5.10 Å². The Labute approximate surface area is 88.0 Å². The van der Waals surface area contributed by atoms with Crippen molar-refractivity contribution < 1.29 is 14.3 Å². The number of aromatic nitrogens is 2. The average molecular weight is 210 g/mol. The summed E-state index contributed by atoms with van der Waals surface area (Å²) in [7, 11) is 1.37. The minimum atomic E-state index is -0.340. The van der Waals surface area contributed by atoms with E-state index in [2.05, 4.69) is 9.84 Å². The van der Waals surface area contributed by atoms with E-state index in [9.17, 15) is 4.79 Å². The molecular formula is C10H14N2O3. The predicted octanol–water partition coefficient (Wildman–Crippen LogP) is 1.02. The third kappa shape index (κ3) is 2.18. The molecule has 0 aromatic carbocycles. The molecule has 5 nitrogen and oxygen atoms in total. The highest BCUT2D eigenvalue weighted by molar-refractivity contribution is 5.88. The van der Waals surface area contributed by atoms with Crippen LogP contribution in [0.25, 0.3) is 0 Å². The molecule has 82 valence electrons. The molecule has 15 heavy (non-hydrogen) atoms. The van der Waals surface area contributed by atoms with Crippen molar-refractivity contribution in [1.82, 2.24) is 9.78 Å². The monoisotopic (exact) mass is 210 g/mol. The van der Waals surface area contributed by atoms with Gasteiger partial charge in [-0.05, 0) is 12.8 Å². The van der Waals surface area contributed by atoms with Crippen LogP contribution in [0.4, 0.5) is 0 Å². The highest BCUT2D eigenvalue weighted by atomic mass is 16.5. The first-order valence-electron chi connectivity index (χ1n) is 5.01. The van der Waals surface area contributed by atoms with Crippen LogP contribution in [0, 0.1) is 0 Å². The van der Waals surface area contributed by atoms with Crippen LogP contribution in [0.2, 0.25) is 0 Å². The minimum Gasteiger partial charge on any atom is -0.465 e. The van der Waals surface area contributed by atoms with Gasteiger partial charge in [-0.3, -0.25) is 4.68 Å². The summed E-state index contributed by atoms with van der Waals surface area (Å²) in [5, 5.41) is 4.17. The Bertz CT molecular complexity index is 342. The van der Waals surface area contributed by atoms with Gasteiger partial charge in [0, 0.05) is 19.4 Å². The van der Waals surface area contributed by atoms with E-state index >= 15 is 0 Å². The number of esters is 1. The minimum absolute atomic E-state index is 0.340. The fourth-order valence-electron chi connectivity index (χ4n) is 1.71. The van der Waals surface area contributed by atoms with Gasteiger partial charge in [-0.25, -0.2) is 4.79 Å². The number of rotatable bonds is 2. The number of nitrogens with zero attached hydrogens (tertiary/aromatic N) is 2. The molecule has 0 amide bonds. The molecule has 0 aliphatic carbocycles. The lowest BCUT2D eigenvalue weighted by atomic mass is 10.1. The summed E-state index contributed by atoms with van der Waals surface area (Å²) in [4.78, 5) is 11.2. The maximum atomic E-state index is 11.2. The summed E-state index contributed by atoms with van der Waals surface area (Å²) in [5.41, 5.74) is 0.504. The van der Waals surface area contributed by atoms with Gasteiger partial charge in [0.2, 0.25) is 0 Å². The van der Waals surface area contributed by atoms with Crippen molar-refractivity contribution >= 4 is 5.97 Å². The van der Waals surface area contributed by atoms with Crippen molar-refractivity contribution in [1.29, 1.82) is 0 Å². The molecule has 0 saturated carbocycles. The lowest BCUT2D eigenvalue weighted by Crippen LogP contribution is -2.19. The Morgan fingerprint density at radius 3 is 3.00 bits per heavy atom. The zero-order valence-corrected chi connectivity index (χ0v) is 8.68. The van der Waals surface area contributed by atoms with Crippen molar-refractivity contribution in [2.75, 3.05) is 20.3 Å². The molecule has 2 heterocycles. The first kappa shape index (κ1) is 10.2. The van der Waals surface area contributed by atoms with Crippen LogP contribution >= 0.6 is 0 Å². The van der Waals surface area contributed by atoms with Crippen LogP contribution in [0.3, 0.4) is 0 Å². The molecule has 1 saturated heterocycles. The first-order valence-corrected chi connectivity index (χ1v) is 5.01. The number of ether oxygens (including phenoxy) is 2. The summed E-state index contributed by atoms with van der Waals surface area (Å²) in [6.45, 7) is 1.52. The third-order valence-corrected chi connectivity index (χ3v) is 2.59. The Balaban J connectivity index is 2.08. The molecule has 0 spiro atoms. The standard InChI is InChI=1S/C10H14N2O3/c1-14-10(13)8-6-11-12(7-8)9-2-4-15-5-3-9/h6-7,9H,2-5H2,1H3. The third-order valence-electron chi connectivity index (χ3n) is 2.59. The van der Waals surface area contributed by atoms with E-state index in [1.54, 1.807) is 12.4 Å². The van der Waals surface area contributed by atoms with Gasteiger partial charge in [0.1, 0.15) is 0 Å². The zero-order chi connectivity index (χ0) is 10.7. The SMILES string of the molecule is COC(=O)c1cnn(C2CCOCC2)c1. The maximum Gasteiger partial charge on any atom is 0.341 e. The van der Waals surface area contributed by atoms with Gasteiger partial charge >= 0.3 is 5.97 Å². The molecule has 2 rings (SSSR count). The number of methoxy groups -OCH3 is 1. The van der Waals surface area contributed by atoms with Crippen LogP contribution in [0.5, 0.6) is 0 Å². The van der Waals surface area contributed by atoms with Gasteiger partial charge in [0.15, 0.2) is 0 Å². The van der Waals surface area contributed by atoms with E-state index in [1.165, 1.54) is 7.11 Å². The second-order valence-corrected chi connectivity index (χ2v) is 3.54. The van der Waals surface area contributed by atoms with Gasteiger partial charge in [0.25, 0.3) is 0 Å². The van der Waals surface area contributed by atoms with Gasteiger partial charge < -0.3 is 9.47 Å². The summed E-state index contributed by atoms with van der Waals surface area (Å²) >= 11 is 0. The predicted molar refractivity (Wildman–Crippen MR) is 52.7 cm³/mol.